The molecule has 0 aromatic carbocycles. The average Bonchev–Trinajstić information content (AvgIpc) is 2.94. The molecule has 1 aromatic heterocycles. The molecule has 98 valence electrons. The molecule has 2 amide bonds. The van der Waals surface area contributed by atoms with Crippen LogP contribution in [-0.2, 0) is 9.59 Å². The minimum absolute atomic E-state index is 0.0188. The van der Waals surface area contributed by atoms with Gasteiger partial charge in [0.05, 0.1) is 5.92 Å². The maximum atomic E-state index is 11.9. The first-order valence-corrected chi connectivity index (χ1v) is 6.93. The Kier molecular flexibility index (Phi) is 3.96. The summed E-state index contributed by atoms with van der Waals surface area (Å²) in [6.07, 6.45) is 1.95. The molecular formula is C12H17N3O2S. The van der Waals surface area contributed by atoms with Crippen LogP contribution in [-0.4, -0.2) is 29.9 Å². The maximum Gasteiger partial charge on any atom is 0.229 e. The number of hydrogen-bond acceptors (Lipinski definition) is 4. The predicted molar refractivity (Wildman–Crippen MR) is 70.4 cm³/mol. The van der Waals surface area contributed by atoms with Gasteiger partial charge in [-0.3, -0.25) is 14.5 Å². The van der Waals surface area contributed by atoms with Crippen LogP contribution in [0.3, 0.4) is 0 Å². The monoisotopic (exact) mass is 267 g/mol. The molecule has 0 saturated carbocycles. The van der Waals surface area contributed by atoms with Crippen molar-refractivity contribution < 1.29 is 9.59 Å². The molecule has 1 aromatic rings. The molecule has 5 nitrogen and oxygen atoms in total. The highest BCUT2D eigenvalue weighted by molar-refractivity contribution is 7.13. The molecule has 1 unspecified atom stereocenters. The Hall–Kier alpha value is -1.43. The smallest absolute Gasteiger partial charge is 0.229 e. The van der Waals surface area contributed by atoms with E-state index in [1.807, 2.05) is 19.2 Å². The van der Waals surface area contributed by atoms with Crippen molar-refractivity contribution >= 4 is 28.3 Å². The van der Waals surface area contributed by atoms with Crippen LogP contribution in [0.25, 0.3) is 0 Å². The number of carbonyl (C=O) groups excluding carboxylic acids is 2. The Labute approximate surface area is 110 Å². The van der Waals surface area contributed by atoms with Crippen LogP contribution >= 0.6 is 11.3 Å². The maximum absolute atomic E-state index is 11.9. The fourth-order valence-corrected chi connectivity index (χ4v) is 2.54. The first-order chi connectivity index (χ1) is 8.58. The molecule has 0 spiro atoms. The van der Waals surface area contributed by atoms with Crippen molar-refractivity contribution in [2.24, 2.45) is 11.8 Å². The lowest BCUT2D eigenvalue weighted by Crippen LogP contribution is -2.34. The van der Waals surface area contributed by atoms with E-state index in [4.69, 9.17) is 0 Å². The summed E-state index contributed by atoms with van der Waals surface area (Å²) in [7, 11) is 0. The van der Waals surface area contributed by atoms with Crippen molar-refractivity contribution in [1.29, 1.82) is 0 Å². The van der Waals surface area contributed by atoms with Crippen LogP contribution in [0, 0.1) is 11.8 Å². The second-order valence-corrected chi connectivity index (χ2v) is 5.73. The predicted octanol–water partition coefficient (Wildman–Crippen LogP) is 1.27. The Morgan fingerprint density at radius 1 is 1.67 bits per heavy atom. The Bertz CT molecular complexity index is 431. The summed E-state index contributed by atoms with van der Waals surface area (Å²) in [4.78, 5) is 29.5. The van der Waals surface area contributed by atoms with Crippen molar-refractivity contribution in [2.75, 3.05) is 18.0 Å². The third kappa shape index (κ3) is 2.87. The first-order valence-electron chi connectivity index (χ1n) is 6.05. The summed E-state index contributed by atoms with van der Waals surface area (Å²) in [6, 6.07) is 0. The van der Waals surface area contributed by atoms with Crippen molar-refractivity contribution in [2.45, 2.75) is 20.3 Å². The molecular weight excluding hydrogens is 250 g/mol. The van der Waals surface area contributed by atoms with E-state index < -0.39 is 0 Å². The number of nitrogens with one attached hydrogen (secondary N) is 1. The van der Waals surface area contributed by atoms with Crippen LogP contribution in [0.1, 0.15) is 20.3 Å². The van der Waals surface area contributed by atoms with Crippen molar-refractivity contribution in [1.82, 2.24) is 10.3 Å². The summed E-state index contributed by atoms with van der Waals surface area (Å²) in [5.74, 6) is 0.118. The summed E-state index contributed by atoms with van der Waals surface area (Å²) in [6.45, 7) is 5.18. The van der Waals surface area contributed by atoms with E-state index in [9.17, 15) is 9.59 Å². The van der Waals surface area contributed by atoms with Gasteiger partial charge in [-0.1, -0.05) is 13.8 Å². The molecule has 0 radical (unpaired) electrons. The summed E-state index contributed by atoms with van der Waals surface area (Å²) in [5.41, 5.74) is 0. The highest BCUT2D eigenvalue weighted by Crippen LogP contribution is 2.26. The minimum Gasteiger partial charge on any atom is -0.356 e. The van der Waals surface area contributed by atoms with Gasteiger partial charge in [-0.15, -0.1) is 11.3 Å². The number of anilines is 1. The van der Waals surface area contributed by atoms with Crippen molar-refractivity contribution in [3.63, 3.8) is 0 Å². The third-order valence-electron chi connectivity index (χ3n) is 2.83. The van der Waals surface area contributed by atoms with E-state index >= 15 is 0 Å². The Morgan fingerprint density at radius 3 is 3.06 bits per heavy atom. The molecule has 0 aliphatic carbocycles. The summed E-state index contributed by atoms with van der Waals surface area (Å²) >= 11 is 1.42. The zero-order chi connectivity index (χ0) is 13.1. The normalized spacial score (nSPS) is 19.6. The first kappa shape index (κ1) is 13.0. The number of aromatic nitrogens is 1. The Morgan fingerprint density at radius 2 is 2.44 bits per heavy atom. The standard InChI is InChI=1S/C12H17N3O2S/c1-8(2)6-14-11(17)9-5-10(16)15(7-9)12-13-3-4-18-12/h3-4,8-9H,5-7H2,1-2H3,(H,14,17). The van der Waals surface area contributed by atoms with Gasteiger partial charge in [0.15, 0.2) is 5.13 Å². The van der Waals surface area contributed by atoms with Crippen LogP contribution in [0.15, 0.2) is 11.6 Å². The quantitative estimate of drug-likeness (QED) is 0.893. The second-order valence-electron chi connectivity index (χ2n) is 4.86. The van der Waals surface area contributed by atoms with Crippen molar-refractivity contribution in [3.8, 4) is 0 Å². The van der Waals surface area contributed by atoms with Gasteiger partial charge >= 0.3 is 0 Å². The molecule has 1 fully saturated rings. The van der Waals surface area contributed by atoms with Gasteiger partial charge in [-0.05, 0) is 5.92 Å². The third-order valence-corrected chi connectivity index (χ3v) is 3.62. The van der Waals surface area contributed by atoms with E-state index in [2.05, 4.69) is 10.3 Å². The van der Waals surface area contributed by atoms with E-state index in [0.29, 0.717) is 24.1 Å². The van der Waals surface area contributed by atoms with Crippen LogP contribution in [0.5, 0.6) is 0 Å². The minimum atomic E-state index is -0.250. The summed E-state index contributed by atoms with van der Waals surface area (Å²) < 4.78 is 0. The number of amides is 2. The van der Waals surface area contributed by atoms with Crippen LogP contribution in [0.2, 0.25) is 0 Å². The van der Waals surface area contributed by atoms with Gasteiger partial charge in [0.1, 0.15) is 0 Å². The van der Waals surface area contributed by atoms with Gasteiger partial charge in [0, 0.05) is 31.1 Å². The fraction of sp³-hybridized carbons (Fsp3) is 0.583. The largest absolute Gasteiger partial charge is 0.356 e. The molecule has 2 heterocycles. The molecule has 6 heteroatoms. The zero-order valence-corrected chi connectivity index (χ0v) is 11.4. The van der Waals surface area contributed by atoms with Crippen molar-refractivity contribution in [3.05, 3.63) is 11.6 Å². The zero-order valence-electron chi connectivity index (χ0n) is 10.5. The molecule has 1 saturated heterocycles. The lowest BCUT2D eigenvalue weighted by molar-refractivity contribution is -0.126. The fourth-order valence-electron chi connectivity index (χ4n) is 1.87. The van der Waals surface area contributed by atoms with E-state index in [-0.39, 0.29) is 24.2 Å². The van der Waals surface area contributed by atoms with E-state index in [0.717, 1.165) is 0 Å². The highest BCUT2D eigenvalue weighted by Gasteiger charge is 2.35. The molecule has 0 bridgehead atoms. The van der Waals surface area contributed by atoms with Gasteiger partial charge < -0.3 is 5.32 Å². The SMILES string of the molecule is CC(C)CNC(=O)C1CC(=O)N(c2nccs2)C1. The number of rotatable bonds is 4. The number of nitrogens with zero attached hydrogens (tertiary/aromatic N) is 2. The van der Waals surface area contributed by atoms with Gasteiger partial charge in [0.2, 0.25) is 11.8 Å². The highest BCUT2D eigenvalue weighted by atomic mass is 32.1. The van der Waals surface area contributed by atoms with E-state index in [1.54, 1.807) is 11.1 Å². The van der Waals surface area contributed by atoms with E-state index in [1.165, 1.54) is 11.3 Å². The van der Waals surface area contributed by atoms with Gasteiger partial charge in [-0.2, -0.15) is 0 Å². The average molecular weight is 267 g/mol. The van der Waals surface area contributed by atoms with Gasteiger partial charge in [0.25, 0.3) is 0 Å². The number of thiazole rings is 1. The molecule has 1 aliphatic rings. The number of hydrogen-bond donors (Lipinski definition) is 1. The summed E-state index contributed by atoms with van der Waals surface area (Å²) in [5, 5.41) is 5.38. The lowest BCUT2D eigenvalue weighted by atomic mass is 10.1. The molecule has 1 N–H and O–H groups in total. The van der Waals surface area contributed by atoms with Crippen LogP contribution in [0.4, 0.5) is 5.13 Å². The topological polar surface area (TPSA) is 62.3 Å². The second kappa shape index (κ2) is 5.48. The molecule has 2 rings (SSSR count). The van der Waals surface area contributed by atoms with Crippen LogP contribution < -0.4 is 10.2 Å². The van der Waals surface area contributed by atoms with Gasteiger partial charge in [-0.25, -0.2) is 4.98 Å². The molecule has 1 aliphatic heterocycles. The Balaban J connectivity index is 1.94. The number of carbonyl (C=O) groups is 2. The lowest BCUT2D eigenvalue weighted by Gasteiger charge is -2.13. The molecule has 18 heavy (non-hydrogen) atoms. The molecule has 1 atom stereocenters.